The molecule has 21 heavy (non-hydrogen) atoms. The van der Waals surface area contributed by atoms with Crippen molar-refractivity contribution in [2.24, 2.45) is 0 Å². The van der Waals surface area contributed by atoms with E-state index in [0.29, 0.717) is 10.7 Å². The van der Waals surface area contributed by atoms with E-state index in [-0.39, 0.29) is 14.9 Å². The predicted molar refractivity (Wildman–Crippen MR) is 80.5 cm³/mol. The van der Waals surface area contributed by atoms with E-state index in [0.717, 1.165) is 11.3 Å². The largest absolute Gasteiger partial charge is 0.465 e. The van der Waals surface area contributed by atoms with Crippen LogP contribution in [0.4, 0.5) is 5.13 Å². The first-order valence-electron chi connectivity index (χ1n) is 5.67. The molecule has 1 N–H and O–H groups in total. The smallest absolute Gasteiger partial charge is 0.350 e. The zero-order valence-corrected chi connectivity index (χ0v) is 13.5. The molecule has 0 radical (unpaired) electrons. The zero-order chi connectivity index (χ0) is 15.6. The number of sulfonamides is 1. The van der Waals surface area contributed by atoms with Crippen molar-refractivity contribution in [2.45, 2.75) is 11.8 Å². The van der Waals surface area contributed by atoms with Gasteiger partial charge in [-0.05, 0) is 31.2 Å². The van der Waals surface area contributed by atoms with Gasteiger partial charge in [-0.25, -0.2) is 18.2 Å². The molecule has 0 aliphatic heterocycles. The summed E-state index contributed by atoms with van der Waals surface area (Å²) in [7, 11) is -2.53. The second-order valence-electron chi connectivity index (χ2n) is 3.98. The summed E-state index contributed by atoms with van der Waals surface area (Å²) in [5, 5.41) is 0.537. The zero-order valence-electron chi connectivity index (χ0n) is 11.1. The van der Waals surface area contributed by atoms with Crippen molar-refractivity contribution in [3.8, 4) is 0 Å². The van der Waals surface area contributed by atoms with Gasteiger partial charge in [0.15, 0.2) is 5.13 Å². The maximum absolute atomic E-state index is 12.2. The Hall–Kier alpha value is -1.64. The number of benzene rings is 1. The molecule has 2 aromatic rings. The number of thiazole rings is 1. The first-order valence-corrected chi connectivity index (χ1v) is 8.35. The summed E-state index contributed by atoms with van der Waals surface area (Å²) in [6, 6.07) is 5.71. The van der Waals surface area contributed by atoms with Crippen LogP contribution in [0.3, 0.4) is 0 Å². The molecule has 0 spiro atoms. The molecule has 0 saturated heterocycles. The van der Waals surface area contributed by atoms with Crippen LogP contribution >= 0.6 is 22.9 Å². The van der Waals surface area contributed by atoms with Gasteiger partial charge in [0, 0.05) is 5.02 Å². The van der Waals surface area contributed by atoms with Crippen molar-refractivity contribution in [1.82, 2.24) is 4.98 Å². The van der Waals surface area contributed by atoms with Crippen molar-refractivity contribution < 1.29 is 17.9 Å². The number of aryl methyl sites for hydroxylation is 1. The first-order chi connectivity index (χ1) is 9.83. The lowest BCUT2D eigenvalue weighted by Crippen LogP contribution is -2.12. The molecule has 1 aromatic carbocycles. The number of aromatic nitrogens is 1. The summed E-state index contributed by atoms with van der Waals surface area (Å²) in [5.74, 6) is -0.554. The van der Waals surface area contributed by atoms with Crippen LogP contribution in [0.2, 0.25) is 5.02 Å². The van der Waals surface area contributed by atoms with Gasteiger partial charge >= 0.3 is 5.97 Å². The fourth-order valence-electron chi connectivity index (χ4n) is 1.51. The molecule has 0 fully saturated rings. The van der Waals surface area contributed by atoms with E-state index in [1.54, 1.807) is 6.92 Å². The van der Waals surface area contributed by atoms with E-state index < -0.39 is 16.0 Å². The summed E-state index contributed by atoms with van der Waals surface area (Å²) in [4.78, 5) is 15.8. The SMILES string of the molecule is COC(=O)c1sc(NS(=O)(=O)c2ccc(Cl)cc2)nc1C. The number of carbonyl (C=O) groups is 1. The van der Waals surface area contributed by atoms with Crippen LogP contribution in [-0.4, -0.2) is 26.5 Å². The van der Waals surface area contributed by atoms with E-state index in [9.17, 15) is 13.2 Å². The van der Waals surface area contributed by atoms with Crippen LogP contribution in [-0.2, 0) is 14.8 Å². The van der Waals surface area contributed by atoms with Crippen molar-refractivity contribution >= 4 is 44.1 Å². The van der Waals surface area contributed by atoms with Crippen LogP contribution in [0, 0.1) is 6.92 Å². The summed E-state index contributed by atoms with van der Waals surface area (Å²) in [6.07, 6.45) is 0. The molecule has 1 aromatic heterocycles. The van der Waals surface area contributed by atoms with Gasteiger partial charge in [0.25, 0.3) is 10.0 Å². The van der Waals surface area contributed by atoms with E-state index in [1.165, 1.54) is 31.4 Å². The number of anilines is 1. The Kier molecular flexibility index (Phi) is 4.50. The number of hydrogen-bond acceptors (Lipinski definition) is 6. The number of ether oxygens (including phenoxy) is 1. The molecule has 9 heteroatoms. The average Bonchev–Trinajstić information content (AvgIpc) is 2.78. The topological polar surface area (TPSA) is 85.4 Å². The fourth-order valence-corrected chi connectivity index (χ4v) is 3.76. The number of esters is 1. The number of halogens is 1. The van der Waals surface area contributed by atoms with Crippen LogP contribution in [0.5, 0.6) is 0 Å². The molecular formula is C12H11ClN2O4S2. The summed E-state index contributed by atoms with van der Waals surface area (Å²) >= 11 is 6.63. The van der Waals surface area contributed by atoms with Gasteiger partial charge in [-0.15, -0.1) is 0 Å². The molecular weight excluding hydrogens is 336 g/mol. The van der Waals surface area contributed by atoms with Gasteiger partial charge in [-0.3, -0.25) is 4.72 Å². The van der Waals surface area contributed by atoms with Crippen LogP contribution in [0.15, 0.2) is 29.2 Å². The lowest BCUT2D eigenvalue weighted by molar-refractivity contribution is 0.0605. The quantitative estimate of drug-likeness (QED) is 0.860. The van der Waals surface area contributed by atoms with Crippen LogP contribution in [0.1, 0.15) is 15.4 Å². The van der Waals surface area contributed by atoms with Gasteiger partial charge in [0.05, 0.1) is 17.7 Å². The Morgan fingerprint density at radius 3 is 2.52 bits per heavy atom. The highest BCUT2D eigenvalue weighted by Gasteiger charge is 2.20. The Balaban J connectivity index is 2.29. The van der Waals surface area contributed by atoms with E-state index >= 15 is 0 Å². The maximum atomic E-state index is 12.2. The normalized spacial score (nSPS) is 11.2. The van der Waals surface area contributed by atoms with E-state index in [1.807, 2.05) is 0 Å². The van der Waals surface area contributed by atoms with Gasteiger partial charge in [-0.2, -0.15) is 0 Å². The van der Waals surface area contributed by atoms with Crippen molar-refractivity contribution in [1.29, 1.82) is 0 Å². The minimum absolute atomic E-state index is 0.0550. The Labute approximate surface area is 130 Å². The number of methoxy groups -OCH3 is 1. The highest BCUT2D eigenvalue weighted by molar-refractivity contribution is 7.93. The lowest BCUT2D eigenvalue weighted by atomic mass is 10.4. The first kappa shape index (κ1) is 15.7. The Morgan fingerprint density at radius 2 is 1.95 bits per heavy atom. The second-order valence-corrected chi connectivity index (χ2v) is 7.10. The highest BCUT2D eigenvalue weighted by atomic mass is 35.5. The molecule has 1 heterocycles. The number of nitrogens with zero attached hydrogens (tertiary/aromatic N) is 1. The molecule has 112 valence electrons. The second kappa shape index (κ2) is 6.00. The third kappa shape index (κ3) is 3.52. The summed E-state index contributed by atoms with van der Waals surface area (Å²) in [5.41, 5.74) is 0.403. The monoisotopic (exact) mass is 346 g/mol. The van der Waals surface area contributed by atoms with Gasteiger partial charge in [-0.1, -0.05) is 22.9 Å². The molecule has 2 rings (SSSR count). The highest BCUT2D eigenvalue weighted by Crippen LogP contribution is 2.26. The lowest BCUT2D eigenvalue weighted by Gasteiger charge is -2.04. The fraction of sp³-hybridized carbons (Fsp3) is 0.167. The van der Waals surface area contributed by atoms with Crippen LogP contribution < -0.4 is 4.72 Å². The molecule has 0 bridgehead atoms. The number of rotatable bonds is 4. The van der Waals surface area contributed by atoms with E-state index in [2.05, 4.69) is 14.4 Å². The number of hydrogen-bond donors (Lipinski definition) is 1. The summed E-state index contributed by atoms with van der Waals surface area (Å²) in [6.45, 7) is 1.60. The third-order valence-electron chi connectivity index (χ3n) is 2.51. The van der Waals surface area contributed by atoms with Crippen molar-refractivity contribution in [3.05, 3.63) is 39.9 Å². The van der Waals surface area contributed by atoms with Gasteiger partial charge < -0.3 is 4.74 Å². The Bertz CT molecular complexity index is 769. The standard InChI is InChI=1S/C12H11ClN2O4S2/c1-7-10(11(16)19-2)20-12(14-7)15-21(17,18)9-5-3-8(13)4-6-9/h3-6H,1-2H3,(H,14,15). The number of nitrogens with one attached hydrogen (secondary N) is 1. The van der Waals surface area contributed by atoms with Crippen molar-refractivity contribution in [3.63, 3.8) is 0 Å². The third-order valence-corrected chi connectivity index (χ3v) is 5.30. The van der Waals surface area contributed by atoms with Crippen molar-refractivity contribution in [2.75, 3.05) is 11.8 Å². The molecule has 0 aliphatic rings. The van der Waals surface area contributed by atoms with Gasteiger partial charge in [0.2, 0.25) is 0 Å². The minimum Gasteiger partial charge on any atom is -0.465 e. The van der Waals surface area contributed by atoms with E-state index in [4.69, 9.17) is 11.6 Å². The summed E-state index contributed by atoms with van der Waals surface area (Å²) < 4.78 is 31.3. The minimum atomic E-state index is -3.78. The van der Waals surface area contributed by atoms with Gasteiger partial charge in [0.1, 0.15) is 4.88 Å². The molecule has 0 saturated carbocycles. The molecule has 6 nitrogen and oxygen atoms in total. The Morgan fingerprint density at radius 1 is 1.33 bits per heavy atom. The average molecular weight is 347 g/mol. The molecule has 0 amide bonds. The van der Waals surface area contributed by atoms with Crippen LogP contribution in [0.25, 0.3) is 0 Å². The molecule has 0 unspecified atom stereocenters. The predicted octanol–water partition coefficient (Wildman–Crippen LogP) is 2.69. The molecule has 0 aliphatic carbocycles. The number of carbonyl (C=O) groups excluding carboxylic acids is 1. The molecule has 0 atom stereocenters. The maximum Gasteiger partial charge on any atom is 0.350 e.